The second-order valence-corrected chi connectivity index (χ2v) is 20.7. The van der Waals surface area contributed by atoms with E-state index in [9.17, 15) is 9.59 Å². The van der Waals surface area contributed by atoms with Crippen LogP contribution in [-0.4, -0.2) is 32.7 Å². The summed E-state index contributed by atoms with van der Waals surface area (Å²) < 4.78 is 13.1. The Bertz CT molecular complexity index is 1780. The molecule has 3 N–H and O–H groups in total. The van der Waals surface area contributed by atoms with Crippen LogP contribution in [0.1, 0.15) is 68.5 Å². The Morgan fingerprint density at radius 3 is 2.22 bits per heavy atom. The summed E-state index contributed by atoms with van der Waals surface area (Å²) >= 11 is 12.1. The molecular formula is C41H51Cl2N3O4Si. The summed E-state index contributed by atoms with van der Waals surface area (Å²) in [6.07, 6.45) is 1.41. The average molecular weight is 749 g/mol. The fourth-order valence-corrected chi connectivity index (χ4v) is 7.04. The van der Waals surface area contributed by atoms with Gasteiger partial charge in [0, 0.05) is 18.6 Å². The van der Waals surface area contributed by atoms with Crippen molar-refractivity contribution in [2.45, 2.75) is 90.4 Å². The molecule has 4 aromatic rings. The van der Waals surface area contributed by atoms with Gasteiger partial charge < -0.3 is 25.1 Å². The highest BCUT2D eigenvalue weighted by Crippen LogP contribution is 2.41. The maximum atomic E-state index is 12.8. The average Bonchev–Trinajstić information content (AvgIpc) is 3.06. The predicted octanol–water partition coefficient (Wildman–Crippen LogP) is 9.67. The fraction of sp³-hybridized carbons (Fsp3) is 0.366. The Kier molecular flexibility index (Phi) is 13.9. The number of carbonyl (C=O) groups excluding carboxylic acids is 2. The third-order valence-corrected chi connectivity index (χ3v) is 14.5. The van der Waals surface area contributed by atoms with E-state index in [4.69, 9.17) is 32.4 Å². The summed E-state index contributed by atoms with van der Waals surface area (Å²) in [5.41, 5.74) is 5.25. The molecule has 4 aromatic carbocycles. The number of carbonyl (C=O) groups is 2. The van der Waals surface area contributed by atoms with Gasteiger partial charge in [0.15, 0.2) is 8.32 Å². The third kappa shape index (κ3) is 12.2. The number of benzene rings is 4. The first-order valence-electron chi connectivity index (χ1n) is 17.3. The quantitative estimate of drug-likeness (QED) is 0.0740. The number of halogens is 2. The van der Waals surface area contributed by atoms with Gasteiger partial charge >= 0.3 is 0 Å². The van der Waals surface area contributed by atoms with Gasteiger partial charge in [0.25, 0.3) is 0 Å². The Labute approximate surface area is 314 Å². The van der Waals surface area contributed by atoms with E-state index in [0.29, 0.717) is 47.6 Å². The molecule has 272 valence electrons. The molecule has 0 heterocycles. The van der Waals surface area contributed by atoms with E-state index in [2.05, 4.69) is 75.8 Å². The van der Waals surface area contributed by atoms with Crippen LogP contribution in [0.2, 0.25) is 28.2 Å². The molecule has 51 heavy (non-hydrogen) atoms. The Balaban J connectivity index is 1.45. The molecule has 0 aromatic heterocycles. The van der Waals surface area contributed by atoms with Crippen LogP contribution < -0.4 is 20.7 Å². The zero-order valence-corrected chi connectivity index (χ0v) is 33.3. The highest BCUT2D eigenvalue weighted by molar-refractivity contribution is 6.74. The fourth-order valence-electron chi connectivity index (χ4n) is 5.43. The molecule has 0 radical (unpaired) electrons. The van der Waals surface area contributed by atoms with Crippen molar-refractivity contribution in [1.29, 1.82) is 0 Å². The smallest absolute Gasteiger partial charge is 0.224 e. The summed E-state index contributed by atoms with van der Waals surface area (Å²) in [6, 6.07) is 29.3. The molecule has 0 fully saturated rings. The monoisotopic (exact) mass is 747 g/mol. The van der Waals surface area contributed by atoms with Crippen molar-refractivity contribution >= 4 is 49.5 Å². The molecule has 4 rings (SSSR count). The van der Waals surface area contributed by atoms with Gasteiger partial charge in [-0.2, -0.15) is 0 Å². The SMILES string of the molecule is CC(C)(Cc1cccc(CC(=O)NCc2ccc(Cl)c(Cl)c2)c1)NC[C@@H](O[Si](C)(C)C(C)(C)C)c1ccc(OCc2ccccc2)c(NC=O)c1. The highest BCUT2D eigenvalue weighted by Gasteiger charge is 2.40. The first-order valence-corrected chi connectivity index (χ1v) is 20.9. The Hall–Kier alpha value is -3.66. The number of ether oxygens (including phenoxy) is 1. The van der Waals surface area contributed by atoms with E-state index in [1.54, 1.807) is 12.1 Å². The molecule has 10 heteroatoms. The van der Waals surface area contributed by atoms with Crippen LogP contribution in [0.4, 0.5) is 5.69 Å². The second kappa shape index (κ2) is 17.7. The van der Waals surface area contributed by atoms with Gasteiger partial charge in [-0.3, -0.25) is 9.59 Å². The molecule has 2 amide bonds. The van der Waals surface area contributed by atoms with Crippen LogP contribution in [0, 0.1) is 0 Å². The molecule has 1 atom stereocenters. The molecule has 0 spiro atoms. The summed E-state index contributed by atoms with van der Waals surface area (Å²) in [5, 5.41) is 10.5. The highest BCUT2D eigenvalue weighted by atomic mass is 35.5. The zero-order valence-electron chi connectivity index (χ0n) is 30.7. The summed E-state index contributed by atoms with van der Waals surface area (Å²) in [6.45, 7) is 16.9. The molecule has 0 aliphatic rings. The summed E-state index contributed by atoms with van der Waals surface area (Å²) in [7, 11) is -2.20. The van der Waals surface area contributed by atoms with Crippen molar-refractivity contribution < 1.29 is 18.8 Å². The van der Waals surface area contributed by atoms with E-state index < -0.39 is 8.32 Å². The van der Waals surface area contributed by atoms with Crippen molar-refractivity contribution in [2.75, 3.05) is 11.9 Å². The minimum absolute atomic E-state index is 0.00201. The number of rotatable bonds is 17. The van der Waals surface area contributed by atoms with Gasteiger partial charge in [0.05, 0.1) is 28.3 Å². The van der Waals surface area contributed by atoms with Gasteiger partial charge in [-0.05, 0) is 90.5 Å². The first-order chi connectivity index (χ1) is 24.0. The number of hydrogen-bond donors (Lipinski definition) is 3. The molecule has 0 aliphatic carbocycles. The maximum Gasteiger partial charge on any atom is 0.224 e. The lowest BCUT2D eigenvalue weighted by atomic mass is 9.93. The van der Waals surface area contributed by atoms with E-state index >= 15 is 0 Å². The molecule has 0 saturated carbocycles. The van der Waals surface area contributed by atoms with Crippen LogP contribution >= 0.6 is 23.2 Å². The topological polar surface area (TPSA) is 88.7 Å². The van der Waals surface area contributed by atoms with E-state index in [0.717, 1.165) is 34.2 Å². The Morgan fingerprint density at radius 2 is 1.53 bits per heavy atom. The molecule has 0 unspecified atom stereocenters. The van der Waals surface area contributed by atoms with Crippen molar-refractivity contribution in [3.63, 3.8) is 0 Å². The molecule has 0 aliphatic heterocycles. The van der Waals surface area contributed by atoms with Gasteiger partial charge in [0.1, 0.15) is 12.4 Å². The molecule has 0 bridgehead atoms. The minimum atomic E-state index is -2.20. The number of amides is 2. The second-order valence-electron chi connectivity index (χ2n) is 15.1. The molecular weight excluding hydrogens is 697 g/mol. The van der Waals surface area contributed by atoms with E-state index in [1.807, 2.05) is 66.7 Å². The lowest BCUT2D eigenvalue weighted by Crippen LogP contribution is -2.47. The predicted molar refractivity (Wildman–Crippen MR) is 212 cm³/mol. The first kappa shape index (κ1) is 40.1. The van der Waals surface area contributed by atoms with Crippen LogP contribution in [0.25, 0.3) is 0 Å². The Morgan fingerprint density at radius 1 is 0.824 bits per heavy atom. The van der Waals surface area contributed by atoms with Gasteiger partial charge in [-0.1, -0.05) is 111 Å². The molecule has 7 nitrogen and oxygen atoms in total. The van der Waals surface area contributed by atoms with Crippen LogP contribution in [0.15, 0.2) is 91.0 Å². The van der Waals surface area contributed by atoms with Crippen LogP contribution in [0.5, 0.6) is 5.75 Å². The minimum Gasteiger partial charge on any atom is -0.487 e. The third-order valence-electron chi connectivity index (χ3n) is 9.31. The van der Waals surface area contributed by atoms with Crippen molar-refractivity contribution in [2.24, 2.45) is 0 Å². The number of anilines is 1. The van der Waals surface area contributed by atoms with Crippen LogP contribution in [-0.2, 0) is 40.0 Å². The normalized spacial score (nSPS) is 12.6. The molecule has 0 saturated heterocycles. The van der Waals surface area contributed by atoms with Crippen molar-refractivity contribution in [3.05, 3.63) is 129 Å². The lowest BCUT2D eigenvalue weighted by molar-refractivity contribution is -0.120. The van der Waals surface area contributed by atoms with E-state index in [1.165, 1.54) is 0 Å². The van der Waals surface area contributed by atoms with Gasteiger partial charge in [0.2, 0.25) is 12.3 Å². The summed E-state index contributed by atoms with van der Waals surface area (Å²) in [4.78, 5) is 24.4. The maximum absolute atomic E-state index is 12.8. The number of hydrogen-bond acceptors (Lipinski definition) is 5. The van der Waals surface area contributed by atoms with E-state index in [-0.39, 0.29) is 29.0 Å². The lowest BCUT2D eigenvalue weighted by Gasteiger charge is -2.40. The van der Waals surface area contributed by atoms with Gasteiger partial charge in [-0.25, -0.2) is 0 Å². The zero-order chi connectivity index (χ0) is 37.2. The van der Waals surface area contributed by atoms with Crippen LogP contribution in [0.3, 0.4) is 0 Å². The largest absolute Gasteiger partial charge is 0.487 e. The standard InChI is InChI=1S/C41H51Cl2N3O4Si/c1-40(2,3)51(6,7)50-38(33-17-19-37(36(23-33)45-28-47)49-27-29-12-9-8-10-13-29)26-46-41(4,5)24-31-15-11-14-30(20-31)22-39(48)44-25-32-16-18-34(42)35(43)21-32/h8-21,23,28,38,46H,22,24-27H2,1-7H3,(H,44,48)(H,45,47)/t38-/m1/s1. The summed E-state index contributed by atoms with van der Waals surface area (Å²) in [5.74, 6) is 0.526. The van der Waals surface area contributed by atoms with Crippen molar-refractivity contribution in [1.82, 2.24) is 10.6 Å². The van der Waals surface area contributed by atoms with Gasteiger partial charge in [-0.15, -0.1) is 0 Å². The number of nitrogens with one attached hydrogen (secondary N) is 3. The van der Waals surface area contributed by atoms with Crippen molar-refractivity contribution in [3.8, 4) is 5.75 Å².